The summed E-state index contributed by atoms with van der Waals surface area (Å²) in [5.74, 6) is 0.572. The maximum absolute atomic E-state index is 12.6. The standard InChI is InChI=1S/C18H24N4OS3/c1-2-22(14-7-4-3-5-8-14)16(23)13-25-18-21-20-17(26-18)19-11-10-15-9-6-12-24-15/h6-7,9,12H,2-5,8,10-11,13H2,1H3,(H,19,20). The third-order valence-electron chi connectivity index (χ3n) is 4.18. The van der Waals surface area contributed by atoms with E-state index in [0.717, 1.165) is 41.8 Å². The van der Waals surface area contributed by atoms with E-state index in [-0.39, 0.29) is 5.91 Å². The highest BCUT2D eigenvalue weighted by atomic mass is 32.2. The van der Waals surface area contributed by atoms with Crippen LogP contribution in [0.2, 0.25) is 0 Å². The molecular weight excluding hydrogens is 384 g/mol. The largest absolute Gasteiger partial charge is 0.360 e. The highest BCUT2D eigenvalue weighted by Crippen LogP contribution is 2.27. The van der Waals surface area contributed by atoms with Crippen molar-refractivity contribution in [3.8, 4) is 0 Å². The molecule has 0 bridgehead atoms. The number of hydrogen-bond acceptors (Lipinski definition) is 7. The molecule has 2 heterocycles. The summed E-state index contributed by atoms with van der Waals surface area (Å²) in [7, 11) is 0. The quantitative estimate of drug-likeness (QED) is 0.612. The number of carbonyl (C=O) groups is 1. The van der Waals surface area contributed by atoms with Crippen molar-refractivity contribution in [1.29, 1.82) is 0 Å². The number of nitrogens with one attached hydrogen (secondary N) is 1. The molecule has 0 unspecified atom stereocenters. The van der Waals surface area contributed by atoms with Crippen molar-refractivity contribution < 1.29 is 4.79 Å². The average molecular weight is 409 g/mol. The van der Waals surface area contributed by atoms with Crippen molar-refractivity contribution in [1.82, 2.24) is 15.1 Å². The molecule has 0 atom stereocenters. The van der Waals surface area contributed by atoms with Gasteiger partial charge in [-0.3, -0.25) is 4.79 Å². The molecule has 1 amide bonds. The smallest absolute Gasteiger partial charge is 0.237 e. The van der Waals surface area contributed by atoms with Gasteiger partial charge in [-0.1, -0.05) is 35.2 Å². The first-order chi connectivity index (χ1) is 12.8. The van der Waals surface area contributed by atoms with Crippen LogP contribution in [-0.2, 0) is 11.2 Å². The Morgan fingerprint density at radius 3 is 3.04 bits per heavy atom. The molecule has 0 aliphatic heterocycles. The maximum Gasteiger partial charge on any atom is 0.237 e. The Morgan fingerprint density at radius 2 is 2.31 bits per heavy atom. The number of rotatable bonds is 9. The van der Waals surface area contributed by atoms with Crippen LogP contribution in [0.3, 0.4) is 0 Å². The topological polar surface area (TPSA) is 58.1 Å². The SMILES string of the molecule is CCN(C(=O)CSc1nnc(NCCc2cccs2)s1)C1=CCCCC1. The van der Waals surface area contributed by atoms with Crippen LogP contribution in [-0.4, -0.2) is 39.8 Å². The van der Waals surface area contributed by atoms with Gasteiger partial charge in [-0.05, 0) is 50.5 Å². The molecule has 2 aromatic rings. The molecule has 1 aliphatic carbocycles. The molecule has 5 nitrogen and oxygen atoms in total. The van der Waals surface area contributed by atoms with E-state index in [0.29, 0.717) is 5.75 Å². The van der Waals surface area contributed by atoms with Gasteiger partial charge in [0.05, 0.1) is 5.75 Å². The Bertz CT molecular complexity index is 727. The molecular formula is C18H24N4OS3. The molecule has 8 heteroatoms. The molecule has 0 fully saturated rings. The number of carbonyl (C=O) groups excluding carboxylic acids is 1. The lowest BCUT2D eigenvalue weighted by atomic mass is 10.0. The summed E-state index contributed by atoms with van der Waals surface area (Å²) in [5.41, 5.74) is 1.19. The average Bonchev–Trinajstić information content (AvgIpc) is 3.34. The minimum atomic E-state index is 0.160. The first-order valence-electron chi connectivity index (χ1n) is 8.98. The van der Waals surface area contributed by atoms with Gasteiger partial charge in [0.1, 0.15) is 0 Å². The second-order valence-electron chi connectivity index (χ2n) is 6.00. The van der Waals surface area contributed by atoms with Crippen molar-refractivity contribution in [2.24, 2.45) is 0 Å². The summed E-state index contributed by atoms with van der Waals surface area (Å²) >= 11 is 4.76. The van der Waals surface area contributed by atoms with Crippen molar-refractivity contribution in [2.45, 2.75) is 43.4 Å². The van der Waals surface area contributed by atoms with Crippen molar-refractivity contribution in [3.63, 3.8) is 0 Å². The first kappa shape index (κ1) is 19.4. The van der Waals surface area contributed by atoms with Gasteiger partial charge in [0, 0.05) is 23.7 Å². The van der Waals surface area contributed by atoms with Gasteiger partial charge in [-0.25, -0.2) is 0 Å². The lowest BCUT2D eigenvalue weighted by molar-refractivity contribution is -0.126. The molecule has 26 heavy (non-hydrogen) atoms. The van der Waals surface area contributed by atoms with Gasteiger partial charge in [0.2, 0.25) is 11.0 Å². The molecule has 3 rings (SSSR count). The lowest BCUT2D eigenvalue weighted by Crippen LogP contribution is -2.32. The minimum Gasteiger partial charge on any atom is -0.360 e. The number of allylic oxidation sites excluding steroid dienone is 2. The van der Waals surface area contributed by atoms with Crippen LogP contribution in [0.1, 0.15) is 37.5 Å². The molecule has 0 radical (unpaired) electrons. The van der Waals surface area contributed by atoms with E-state index < -0.39 is 0 Å². The summed E-state index contributed by atoms with van der Waals surface area (Å²) in [4.78, 5) is 15.8. The van der Waals surface area contributed by atoms with E-state index in [4.69, 9.17) is 0 Å². The molecule has 1 N–H and O–H groups in total. The highest BCUT2D eigenvalue weighted by molar-refractivity contribution is 8.01. The van der Waals surface area contributed by atoms with Gasteiger partial charge in [0.25, 0.3) is 0 Å². The number of aromatic nitrogens is 2. The summed E-state index contributed by atoms with van der Waals surface area (Å²) in [5, 5.41) is 14.6. The van der Waals surface area contributed by atoms with Gasteiger partial charge < -0.3 is 10.2 Å². The fraction of sp³-hybridized carbons (Fsp3) is 0.500. The van der Waals surface area contributed by atoms with Crippen LogP contribution >= 0.6 is 34.4 Å². The third kappa shape index (κ3) is 5.56. The zero-order valence-corrected chi connectivity index (χ0v) is 17.4. The highest BCUT2D eigenvalue weighted by Gasteiger charge is 2.18. The predicted octanol–water partition coefficient (Wildman–Crippen LogP) is 4.65. The molecule has 1 aliphatic rings. The summed E-state index contributed by atoms with van der Waals surface area (Å²) < 4.78 is 0.839. The minimum absolute atomic E-state index is 0.160. The molecule has 0 saturated carbocycles. The normalized spacial score (nSPS) is 14.1. The van der Waals surface area contributed by atoms with E-state index in [1.165, 1.54) is 46.5 Å². The van der Waals surface area contributed by atoms with Crippen molar-refractivity contribution in [3.05, 3.63) is 34.2 Å². The second kappa shape index (κ2) is 10.1. The Labute approximate surface area is 166 Å². The molecule has 0 aromatic carbocycles. The number of nitrogens with zero attached hydrogens (tertiary/aromatic N) is 3. The van der Waals surface area contributed by atoms with Crippen LogP contribution in [0.4, 0.5) is 5.13 Å². The molecule has 2 aromatic heterocycles. The van der Waals surface area contributed by atoms with Crippen LogP contribution in [0, 0.1) is 0 Å². The van der Waals surface area contributed by atoms with Gasteiger partial charge in [-0.2, -0.15) is 0 Å². The molecule has 0 spiro atoms. The fourth-order valence-corrected chi connectivity index (χ4v) is 5.26. The van der Waals surface area contributed by atoms with Gasteiger partial charge >= 0.3 is 0 Å². The number of amides is 1. The fourth-order valence-electron chi connectivity index (χ4n) is 2.89. The number of thioether (sulfide) groups is 1. The first-order valence-corrected chi connectivity index (χ1v) is 11.7. The number of anilines is 1. The Hall–Kier alpha value is -1.38. The van der Waals surface area contributed by atoms with Crippen LogP contribution in [0.15, 0.2) is 33.6 Å². The van der Waals surface area contributed by atoms with Crippen LogP contribution in [0.5, 0.6) is 0 Å². The van der Waals surface area contributed by atoms with E-state index in [1.54, 1.807) is 11.3 Å². The zero-order chi connectivity index (χ0) is 18.2. The van der Waals surface area contributed by atoms with Crippen LogP contribution in [0.25, 0.3) is 0 Å². The summed E-state index contributed by atoms with van der Waals surface area (Å²) in [6.45, 7) is 3.62. The number of thiophene rings is 1. The predicted molar refractivity (Wildman–Crippen MR) is 111 cm³/mol. The molecule has 140 valence electrons. The van der Waals surface area contributed by atoms with Gasteiger partial charge in [0.15, 0.2) is 4.34 Å². The summed E-state index contributed by atoms with van der Waals surface area (Å²) in [6, 6.07) is 4.21. The van der Waals surface area contributed by atoms with E-state index in [1.807, 2.05) is 11.8 Å². The van der Waals surface area contributed by atoms with Crippen molar-refractivity contribution >= 4 is 45.5 Å². The summed E-state index contributed by atoms with van der Waals surface area (Å²) in [6.07, 6.45) is 7.72. The Balaban J connectivity index is 1.44. The van der Waals surface area contributed by atoms with E-state index in [9.17, 15) is 4.79 Å². The third-order valence-corrected chi connectivity index (χ3v) is 7.12. The Morgan fingerprint density at radius 1 is 1.38 bits per heavy atom. The van der Waals surface area contributed by atoms with Crippen molar-refractivity contribution in [2.75, 3.05) is 24.2 Å². The molecule has 0 saturated heterocycles. The Kier molecular flexibility index (Phi) is 7.52. The van der Waals surface area contributed by atoms with Gasteiger partial charge in [-0.15, -0.1) is 21.5 Å². The second-order valence-corrected chi connectivity index (χ2v) is 9.23. The van der Waals surface area contributed by atoms with E-state index >= 15 is 0 Å². The zero-order valence-electron chi connectivity index (χ0n) is 14.9. The number of hydrogen-bond donors (Lipinski definition) is 1. The lowest BCUT2D eigenvalue weighted by Gasteiger charge is -2.26. The van der Waals surface area contributed by atoms with E-state index in [2.05, 4.69) is 39.1 Å². The van der Waals surface area contributed by atoms with Crippen LogP contribution < -0.4 is 5.32 Å². The maximum atomic E-state index is 12.6. The monoisotopic (exact) mass is 408 g/mol.